The number of fused-ring (bicyclic) bond motifs is 1. The molecule has 0 unspecified atom stereocenters. The summed E-state index contributed by atoms with van der Waals surface area (Å²) in [4.78, 5) is 40.4. The Balaban J connectivity index is 1.30. The Morgan fingerprint density at radius 2 is 1.55 bits per heavy atom. The number of nitrogens with one attached hydrogen (secondary N) is 1. The number of methoxy groups -OCH3 is 1. The molecule has 0 aliphatic heterocycles. The standard InChI is InChI=1S/C33H37N3O4/c1-24-28(29-22-27(40-3)19-20-30(29)36(24)33(39)25-14-8-6-9-15-25)23-31(37)34-21-13-5-4-12-18-32(38)35(2)26-16-10-7-11-17-26/h6-11,14-17,19-20,22H,4-5,12-13,18,21,23H2,1-3H3,(H,34,37). The summed E-state index contributed by atoms with van der Waals surface area (Å²) < 4.78 is 7.10. The highest BCUT2D eigenvalue weighted by Gasteiger charge is 2.22. The van der Waals surface area contributed by atoms with Gasteiger partial charge in [-0.05, 0) is 67.8 Å². The molecular weight excluding hydrogens is 502 g/mol. The monoisotopic (exact) mass is 539 g/mol. The SMILES string of the molecule is COc1ccc2c(c1)c(CC(=O)NCCCCCCC(=O)N(C)c1ccccc1)c(C)n2C(=O)c1ccccc1. The molecule has 0 saturated heterocycles. The average Bonchev–Trinajstić information content (AvgIpc) is 3.26. The first-order valence-corrected chi connectivity index (χ1v) is 13.8. The lowest BCUT2D eigenvalue weighted by molar-refractivity contribution is -0.120. The lowest BCUT2D eigenvalue weighted by Gasteiger charge is -2.17. The summed E-state index contributed by atoms with van der Waals surface area (Å²) in [5, 5.41) is 3.86. The molecule has 0 radical (unpaired) electrons. The lowest BCUT2D eigenvalue weighted by atomic mass is 10.1. The first kappa shape index (κ1) is 28.6. The van der Waals surface area contributed by atoms with Crippen molar-refractivity contribution in [1.29, 1.82) is 0 Å². The number of ether oxygens (including phenoxy) is 1. The molecule has 0 spiro atoms. The maximum Gasteiger partial charge on any atom is 0.262 e. The number of rotatable bonds is 12. The van der Waals surface area contributed by atoms with E-state index in [-0.39, 0.29) is 24.1 Å². The van der Waals surface area contributed by atoms with Crippen molar-refractivity contribution in [2.75, 3.05) is 25.6 Å². The van der Waals surface area contributed by atoms with Gasteiger partial charge in [-0.3, -0.25) is 19.0 Å². The molecule has 0 aliphatic rings. The third-order valence-corrected chi connectivity index (χ3v) is 7.26. The average molecular weight is 540 g/mol. The van der Waals surface area contributed by atoms with Crippen LogP contribution in [0.25, 0.3) is 10.9 Å². The van der Waals surface area contributed by atoms with Crippen molar-refractivity contribution < 1.29 is 19.1 Å². The van der Waals surface area contributed by atoms with Crippen molar-refractivity contribution in [3.05, 3.63) is 95.7 Å². The fraction of sp³-hybridized carbons (Fsp3) is 0.303. The van der Waals surface area contributed by atoms with Gasteiger partial charge in [0.1, 0.15) is 5.75 Å². The van der Waals surface area contributed by atoms with Gasteiger partial charge in [-0.2, -0.15) is 0 Å². The quantitative estimate of drug-likeness (QED) is 0.227. The predicted molar refractivity (Wildman–Crippen MR) is 159 cm³/mol. The number of para-hydroxylation sites is 1. The van der Waals surface area contributed by atoms with E-state index in [0.717, 1.165) is 53.5 Å². The van der Waals surface area contributed by atoms with Crippen LogP contribution in [0.15, 0.2) is 78.9 Å². The fourth-order valence-corrected chi connectivity index (χ4v) is 4.95. The van der Waals surface area contributed by atoms with E-state index in [1.54, 1.807) is 35.8 Å². The maximum absolute atomic E-state index is 13.4. The van der Waals surface area contributed by atoms with Crippen LogP contribution in [-0.4, -0.2) is 43.0 Å². The zero-order valence-corrected chi connectivity index (χ0v) is 23.5. The van der Waals surface area contributed by atoms with Crippen LogP contribution < -0.4 is 15.0 Å². The van der Waals surface area contributed by atoms with Gasteiger partial charge in [0.15, 0.2) is 0 Å². The minimum absolute atomic E-state index is 0.0863. The van der Waals surface area contributed by atoms with Gasteiger partial charge < -0.3 is 15.0 Å². The van der Waals surface area contributed by atoms with E-state index < -0.39 is 0 Å². The summed E-state index contributed by atoms with van der Waals surface area (Å²) in [6, 6.07) is 24.4. The molecule has 2 amide bonds. The summed E-state index contributed by atoms with van der Waals surface area (Å²) in [6.45, 7) is 2.45. The number of carbonyl (C=O) groups excluding carboxylic acids is 3. The molecule has 0 saturated carbocycles. The van der Waals surface area contributed by atoms with Crippen molar-refractivity contribution in [2.24, 2.45) is 0 Å². The van der Waals surface area contributed by atoms with E-state index in [1.165, 1.54) is 0 Å². The number of unbranched alkanes of at least 4 members (excludes halogenated alkanes) is 3. The van der Waals surface area contributed by atoms with Crippen LogP contribution in [0.5, 0.6) is 5.75 Å². The number of amides is 2. The highest BCUT2D eigenvalue weighted by atomic mass is 16.5. The minimum Gasteiger partial charge on any atom is -0.497 e. The zero-order chi connectivity index (χ0) is 28.5. The van der Waals surface area contributed by atoms with Crippen molar-refractivity contribution in [1.82, 2.24) is 9.88 Å². The zero-order valence-electron chi connectivity index (χ0n) is 23.5. The number of hydrogen-bond donors (Lipinski definition) is 1. The molecule has 1 N–H and O–H groups in total. The molecule has 40 heavy (non-hydrogen) atoms. The van der Waals surface area contributed by atoms with Gasteiger partial charge in [0.25, 0.3) is 5.91 Å². The molecule has 4 aromatic rings. The van der Waals surface area contributed by atoms with Crippen molar-refractivity contribution in [3.63, 3.8) is 0 Å². The predicted octanol–water partition coefficient (Wildman–Crippen LogP) is 5.92. The van der Waals surface area contributed by atoms with E-state index in [9.17, 15) is 14.4 Å². The normalized spacial score (nSPS) is 10.9. The van der Waals surface area contributed by atoms with Crippen molar-refractivity contribution >= 4 is 34.3 Å². The molecule has 0 aliphatic carbocycles. The molecule has 0 atom stereocenters. The third-order valence-electron chi connectivity index (χ3n) is 7.26. The second-order valence-corrected chi connectivity index (χ2v) is 9.93. The van der Waals surface area contributed by atoms with E-state index in [2.05, 4.69) is 5.32 Å². The Morgan fingerprint density at radius 1 is 0.875 bits per heavy atom. The number of nitrogens with zero attached hydrogens (tertiary/aromatic N) is 2. The lowest BCUT2D eigenvalue weighted by Crippen LogP contribution is -2.26. The molecule has 7 nitrogen and oxygen atoms in total. The summed E-state index contributed by atoms with van der Waals surface area (Å²) in [5.41, 5.74) is 3.80. The highest BCUT2D eigenvalue weighted by molar-refractivity contribution is 6.05. The molecule has 1 heterocycles. The maximum atomic E-state index is 13.4. The van der Waals surface area contributed by atoms with Crippen LogP contribution >= 0.6 is 0 Å². The molecule has 3 aromatic carbocycles. The van der Waals surface area contributed by atoms with Crippen LogP contribution in [0, 0.1) is 6.92 Å². The second-order valence-electron chi connectivity index (χ2n) is 9.93. The minimum atomic E-state index is -0.131. The second kappa shape index (κ2) is 13.6. The highest BCUT2D eigenvalue weighted by Crippen LogP contribution is 2.30. The smallest absolute Gasteiger partial charge is 0.262 e. The molecule has 1 aromatic heterocycles. The summed E-state index contributed by atoms with van der Waals surface area (Å²) in [6.07, 6.45) is 4.20. The summed E-state index contributed by atoms with van der Waals surface area (Å²) in [5.74, 6) is 0.563. The Kier molecular flexibility index (Phi) is 9.73. The Labute approximate surface area is 235 Å². The van der Waals surface area contributed by atoms with Crippen molar-refractivity contribution in [3.8, 4) is 5.75 Å². The van der Waals surface area contributed by atoms with Crippen LogP contribution in [-0.2, 0) is 16.0 Å². The Bertz CT molecular complexity index is 1460. The van der Waals surface area contributed by atoms with E-state index >= 15 is 0 Å². The van der Waals surface area contributed by atoms with E-state index in [0.29, 0.717) is 24.3 Å². The van der Waals surface area contributed by atoms with Crippen LogP contribution in [0.3, 0.4) is 0 Å². The van der Waals surface area contributed by atoms with E-state index in [4.69, 9.17) is 4.74 Å². The van der Waals surface area contributed by atoms with Crippen LogP contribution in [0.1, 0.15) is 53.7 Å². The fourth-order valence-electron chi connectivity index (χ4n) is 4.95. The topological polar surface area (TPSA) is 80.6 Å². The third kappa shape index (κ3) is 6.78. The van der Waals surface area contributed by atoms with Gasteiger partial charge in [-0.1, -0.05) is 49.2 Å². The molecule has 208 valence electrons. The van der Waals surface area contributed by atoms with Gasteiger partial charge >= 0.3 is 0 Å². The van der Waals surface area contributed by atoms with Crippen molar-refractivity contribution in [2.45, 2.75) is 45.4 Å². The largest absolute Gasteiger partial charge is 0.497 e. The van der Waals surface area contributed by atoms with Gasteiger partial charge in [-0.15, -0.1) is 0 Å². The number of hydrogen-bond acceptors (Lipinski definition) is 4. The molecule has 4 rings (SSSR count). The Morgan fingerprint density at radius 3 is 2.25 bits per heavy atom. The van der Waals surface area contributed by atoms with Gasteiger partial charge in [0.05, 0.1) is 19.0 Å². The summed E-state index contributed by atoms with van der Waals surface area (Å²) >= 11 is 0. The first-order chi connectivity index (χ1) is 19.4. The molecule has 7 heteroatoms. The van der Waals surface area contributed by atoms with Crippen LogP contribution in [0.2, 0.25) is 0 Å². The number of carbonyl (C=O) groups is 3. The Hall–Kier alpha value is -4.39. The summed E-state index contributed by atoms with van der Waals surface area (Å²) in [7, 11) is 3.41. The molecule has 0 bridgehead atoms. The number of anilines is 1. The van der Waals surface area contributed by atoms with E-state index in [1.807, 2.05) is 73.7 Å². The molecular formula is C33H37N3O4. The number of aromatic nitrogens is 1. The molecule has 0 fully saturated rings. The number of benzene rings is 3. The van der Waals surface area contributed by atoms with Gasteiger partial charge in [0.2, 0.25) is 11.8 Å². The van der Waals surface area contributed by atoms with Crippen LogP contribution in [0.4, 0.5) is 5.69 Å². The van der Waals surface area contributed by atoms with Gasteiger partial charge in [0, 0.05) is 42.3 Å². The van der Waals surface area contributed by atoms with Gasteiger partial charge in [-0.25, -0.2) is 0 Å². The first-order valence-electron chi connectivity index (χ1n) is 13.8.